The smallest absolute Gasteiger partial charge is 0.411 e. The number of ether oxygens (including phenoxy) is 1. The van der Waals surface area contributed by atoms with E-state index < -0.39 is 5.60 Å². The van der Waals surface area contributed by atoms with Gasteiger partial charge in [0, 0.05) is 32.1 Å². The van der Waals surface area contributed by atoms with Crippen LogP contribution in [0, 0.1) is 17.8 Å². The summed E-state index contributed by atoms with van der Waals surface area (Å²) in [5.74, 6) is 7.21. The molecule has 0 unspecified atom stereocenters. The summed E-state index contributed by atoms with van der Waals surface area (Å²) in [7, 11) is 0. The first kappa shape index (κ1) is 17.8. The monoisotopic (exact) mass is 340 g/mol. The molecule has 3 rings (SSSR count). The van der Waals surface area contributed by atoms with E-state index in [1.807, 2.05) is 31.7 Å². The van der Waals surface area contributed by atoms with E-state index in [-0.39, 0.29) is 12.1 Å². The van der Waals surface area contributed by atoms with Crippen LogP contribution in [0.1, 0.15) is 39.2 Å². The Morgan fingerprint density at radius 3 is 2.52 bits per heavy atom. The number of nitrogens with zero attached hydrogens (tertiary/aromatic N) is 2. The number of piperazine rings is 1. The molecule has 0 bridgehead atoms. The van der Waals surface area contributed by atoms with Crippen LogP contribution in [0.3, 0.4) is 0 Å². The Hall–Kier alpha value is -1.99. The lowest BCUT2D eigenvalue weighted by Crippen LogP contribution is -2.55. The summed E-state index contributed by atoms with van der Waals surface area (Å²) in [5.41, 5.74) is 0.814. The molecule has 1 aliphatic heterocycles. The van der Waals surface area contributed by atoms with Crippen LogP contribution >= 0.6 is 0 Å². The molecular weight excluding hydrogens is 312 g/mol. The molecule has 25 heavy (non-hydrogen) atoms. The largest absolute Gasteiger partial charge is 0.444 e. The van der Waals surface area contributed by atoms with E-state index in [2.05, 4.69) is 41.0 Å². The Kier molecular flexibility index (Phi) is 5.34. The minimum Gasteiger partial charge on any atom is -0.444 e. The highest BCUT2D eigenvalue weighted by Gasteiger charge is 2.32. The van der Waals surface area contributed by atoms with Gasteiger partial charge in [-0.2, -0.15) is 0 Å². The molecule has 1 saturated carbocycles. The number of carbonyl (C=O) groups is 1. The van der Waals surface area contributed by atoms with Crippen LogP contribution in [-0.2, 0) is 11.3 Å². The van der Waals surface area contributed by atoms with Crippen LogP contribution in [0.4, 0.5) is 4.79 Å². The molecule has 0 N–H and O–H groups in total. The molecule has 1 aliphatic carbocycles. The standard InChI is InChI=1S/C21H28N2O2/c1-21(2,3)25-20(24)23-14-13-22(15-18-7-5-4-6-8-18)16-19(23)12-11-17-9-10-17/h4-8,17,19H,9-10,13-16H2,1-3H3/t19-/m1/s1. The van der Waals surface area contributed by atoms with Gasteiger partial charge < -0.3 is 4.74 Å². The molecule has 1 amide bonds. The zero-order valence-corrected chi connectivity index (χ0v) is 15.5. The fourth-order valence-electron chi connectivity index (χ4n) is 2.93. The van der Waals surface area contributed by atoms with Crippen molar-refractivity contribution < 1.29 is 9.53 Å². The molecular formula is C21H28N2O2. The van der Waals surface area contributed by atoms with Crippen molar-refractivity contribution in [3.63, 3.8) is 0 Å². The third-order valence-corrected chi connectivity index (χ3v) is 4.37. The first-order valence-corrected chi connectivity index (χ1v) is 9.18. The first-order valence-electron chi connectivity index (χ1n) is 9.18. The van der Waals surface area contributed by atoms with Crippen LogP contribution in [0.2, 0.25) is 0 Å². The van der Waals surface area contributed by atoms with Crippen molar-refractivity contribution in [2.75, 3.05) is 19.6 Å². The molecule has 0 radical (unpaired) electrons. The maximum Gasteiger partial charge on any atom is 0.411 e. The Balaban J connectivity index is 1.68. The zero-order valence-electron chi connectivity index (χ0n) is 15.5. The summed E-state index contributed by atoms with van der Waals surface area (Å²) in [6.45, 7) is 8.88. The zero-order chi connectivity index (χ0) is 17.9. The van der Waals surface area contributed by atoms with E-state index in [1.54, 1.807) is 0 Å². The summed E-state index contributed by atoms with van der Waals surface area (Å²) in [4.78, 5) is 16.8. The number of benzene rings is 1. The highest BCUT2D eigenvalue weighted by atomic mass is 16.6. The maximum absolute atomic E-state index is 12.6. The lowest BCUT2D eigenvalue weighted by molar-refractivity contribution is 0.00581. The molecule has 0 spiro atoms. The van der Waals surface area contributed by atoms with Crippen molar-refractivity contribution in [1.82, 2.24) is 9.80 Å². The molecule has 1 aromatic carbocycles. The van der Waals surface area contributed by atoms with E-state index in [0.717, 1.165) is 19.6 Å². The van der Waals surface area contributed by atoms with E-state index in [4.69, 9.17) is 4.74 Å². The van der Waals surface area contributed by atoms with Crippen LogP contribution in [0.5, 0.6) is 0 Å². The van der Waals surface area contributed by atoms with E-state index in [1.165, 1.54) is 18.4 Å². The Bertz CT molecular complexity index is 650. The fraction of sp³-hybridized carbons (Fsp3) is 0.571. The molecule has 4 heteroatoms. The number of amides is 1. The molecule has 0 aromatic heterocycles. The van der Waals surface area contributed by atoms with Gasteiger partial charge in [-0.3, -0.25) is 9.80 Å². The van der Waals surface area contributed by atoms with Crippen LogP contribution < -0.4 is 0 Å². The van der Waals surface area contributed by atoms with Crippen molar-refractivity contribution >= 4 is 6.09 Å². The SMILES string of the molecule is CC(C)(C)OC(=O)N1CCN(Cc2ccccc2)C[C@H]1C#CC1CC1. The molecule has 2 aliphatic rings. The number of hydrogen-bond donors (Lipinski definition) is 0. The average Bonchev–Trinajstić information content (AvgIpc) is 3.36. The highest BCUT2D eigenvalue weighted by Crippen LogP contribution is 2.28. The quantitative estimate of drug-likeness (QED) is 0.772. The summed E-state index contributed by atoms with van der Waals surface area (Å²) in [5, 5.41) is 0. The van der Waals surface area contributed by atoms with Gasteiger partial charge in [-0.25, -0.2) is 4.79 Å². The number of rotatable bonds is 2. The average molecular weight is 340 g/mol. The van der Waals surface area contributed by atoms with Crippen molar-refractivity contribution in [3.8, 4) is 11.8 Å². The van der Waals surface area contributed by atoms with Gasteiger partial charge in [-0.05, 0) is 39.2 Å². The molecule has 134 valence electrons. The molecule has 4 nitrogen and oxygen atoms in total. The lowest BCUT2D eigenvalue weighted by Gasteiger charge is -2.39. The minimum atomic E-state index is -0.479. The van der Waals surface area contributed by atoms with Crippen LogP contribution in [-0.4, -0.2) is 47.2 Å². The Morgan fingerprint density at radius 1 is 1.16 bits per heavy atom. The summed E-state index contributed by atoms with van der Waals surface area (Å²) in [6, 6.07) is 10.4. The van der Waals surface area contributed by atoms with Gasteiger partial charge >= 0.3 is 6.09 Å². The van der Waals surface area contributed by atoms with Crippen molar-refractivity contribution in [3.05, 3.63) is 35.9 Å². The highest BCUT2D eigenvalue weighted by molar-refractivity contribution is 5.69. The second-order valence-electron chi connectivity index (χ2n) is 7.97. The third-order valence-electron chi connectivity index (χ3n) is 4.37. The molecule has 1 aromatic rings. The van der Waals surface area contributed by atoms with E-state index >= 15 is 0 Å². The molecule has 1 atom stereocenters. The number of hydrogen-bond acceptors (Lipinski definition) is 3. The normalized spacial score (nSPS) is 21.4. The second-order valence-corrected chi connectivity index (χ2v) is 7.97. The predicted molar refractivity (Wildman–Crippen MR) is 98.9 cm³/mol. The van der Waals surface area contributed by atoms with Crippen molar-refractivity contribution in [2.24, 2.45) is 5.92 Å². The van der Waals surface area contributed by atoms with Gasteiger partial charge in [-0.1, -0.05) is 42.2 Å². The summed E-state index contributed by atoms with van der Waals surface area (Å²) >= 11 is 0. The van der Waals surface area contributed by atoms with Gasteiger partial charge in [0.15, 0.2) is 0 Å². The minimum absolute atomic E-state index is 0.0899. The maximum atomic E-state index is 12.6. The van der Waals surface area contributed by atoms with Gasteiger partial charge in [0.05, 0.1) is 0 Å². The fourth-order valence-corrected chi connectivity index (χ4v) is 2.93. The van der Waals surface area contributed by atoms with Gasteiger partial charge in [0.25, 0.3) is 0 Å². The Morgan fingerprint density at radius 2 is 1.88 bits per heavy atom. The van der Waals surface area contributed by atoms with Gasteiger partial charge in [-0.15, -0.1) is 0 Å². The van der Waals surface area contributed by atoms with Crippen LogP contribution in [0.15, 0.2) is 30.3 Å². The predicted octanol–water partition coefficient (Wildman–Crippen LogP) is 3.52. The summed E-state index contributed by atoms with van der Waals surface area (Å²) < 4.78 is 5.58. The topological polar surface area (TPSA) is 32.8 Å². The second kappa shape index (κ2) is 7.49. The molecule has 1 heterocycles. The van der Waals surface area contributed by atoms with Crippen molar-refractivity contribution in [2.45, 2.75) is 51.8 Å². The Labute approximate surface area is 151 Å². The lowest BCUT2D eigenvalue weighted by atomic mass is 10.1. The van der Waals surface area contributed by atoms with Gasteiger partial charge in [0.2, 0.25) is 0 Å². The van der Waals surface area contributed by atoms with E-state index in [9.17, 15) is 4.79 Å². The van der Waals surface area contributed by atoms with Crippen LogP contribution in [0.25, 0.3) is 0 Å². The summed E-state index contributed by atoms with van der Waals surface area (Å²) in [6.07, 6.45) is 2.14. The number of carbonyl (C=O) groups excluding carboxylic acids is 1. The third kappa shape index (κ3) is 5.51. The molecule has 2 fully saturated rings. The van der Waals surface area contributed by atoms with E-state index in [0.29, 0.717) is 12.5 Å². The first-order chi connectivity index (χ1) is 11.9. The van der Waals surface area contributed by atoms with Gasteiger partial charge in [0.1, 0.15) is 11.6 Å². The molecule has 1 saturated heterocycles. The van der Waals surface area contributed by atoms with Crippen molar-refractivity contribution in [1.29, 1.82) is 0 Å².